The summed E-state index contributed by atoms with van der Waals surface area (Å²) in [5.74, 6) is 1.18. The first-order chi connectivity index (χ1) is 11.8. The van der Waals surface area contributed by atoms with Gasteiger partial charge in [0, 0.05) is 6.21 Å². The van der Waals surface area contributed by atoms with E-state index in [1.165, 1.54) is 12.6 Å². The third kappa shape index (κ3) is 1.89. The molecule has 1 heterocycles. The molecule has 1 aromatic carbocycles. The molecule has 6 atom stereocenters. The van der Waals surface area contributed by atoms with Gasteiger partial charge in [0.25, 0.3) is 11.8 Å². The van der Waals surface area contributed by atoms with Crippen LogP contribution in [0.4, 0.5) is 0 Å². The van der Waals surface area contributed by atoms with E-state index >= 15 is 0 Å². The van der Waals surface area contributed by atoms with E-state index in [9.17, 15) is 9.59 Å². The molecular formula is C20H18N2O2. The van der Waals surface area contributed by atoms with Crippen LogP contribution < -0.4 is 0 Å². The number of rotatable bonds is 3. The summed E-state index contributed by atoms with van der Waals surface area (Å²) < 4.78 is 0. The number of benzene rings is 1. The van der Waals surface area contributed by atoms with E-state index in [4.69, 9.17) is 0 Å². The Balaban J connectivity index is 1.35. The molecule has 2 bridgehead atoms. The predicted molar refractivity (Wildman–Crippen MR) is 90.5 cm³/mol. The van der Waals surface area contributed by atoms with Crippen LogP contribution in [0.15, 0.2) is 53.7 Å². The molecule has 2 saturated carbocycles. The average Bonchev–Trinajstić information content (AvgIpc) is 3.39. The van der Waals surface area contributed by atoms with Gasteiger partial charge in [-0.15, -0.1) is 0 Å². The maximum absolute atomic E-state index is 12.7. The molecule has 3 fully saturated rings. The number of nitrogens with zero attached hydrogens (tertiary/aromatic N) is 2. The van der Waals surface area contributed by atoms with E-state index in [-0.39, 0.29) is 35.5 Å². The Morgan fingerprint density at radius 1 is 0.958 bits per heavy atom. The van der Waals surface area contributed by atoms with Crippen LogP contribution in [-0.4, -0.2) is 23.0 Å². The minimum absolute atomic E-state index is 0.112. The minimum atomic E-state index is -0.175. The lowest BCUT2D eigenvalue weighted by Gasteiger charge is -2.37. The highest BCUT2D eigenvalue weighted by atomic mass is 16.2. The van der Waals surface area contributed by atoms with Crippen LogP contribution in [0.5, 0.6) is 0 Å². The van der Waals surface area contributed by atoms with E-state index in [1.807, 2.05) is 36.4 Å². The molecule has 5 aliphatic rings. The van der Waals surface area contributed by atoms with Crippen LogP contribution in [0.2, 0.25) is 0 Å². The highest BCUT2D eigenvalue weighted by molar-refractivity contribution is 6.06. The van der Waals surface area contributed by atoms with Gasteiger partial charge >= 0.3 is 0 Å². The van der Waals surface area contributed by atoms with Crippen LogP contribution in [0.3, 0.4) is 0 Å². The van der Waals surface area contributed by atoms with Gasteiger partial charge in [-0.05, 0) is 41.7 Å². The maximum atomic E-state index is 12.7. The largest absolute Gasteiger partial charge is 0.272 e. The summed E-state index contributed by atoms with van der Waals surface area (Å²) in [6, 6.07) is 9.86. The van der Waals surface area contributed by atoms with Crippen LogP contribution in [0.1, 0.15) is 12.0 Å². The predicted octanol–water partition coefficient (Wildman–Crippen LogP) is 2.74. The molecule has 1 saturated heterocycles. The molecule has 2 amide bonds. The quantitative estimate of drug-likeness (QED) is 0.489. The lowest BCUT2D eigenvalue weighted by Crippen LogP contribution is -2.40. The molecule has 6 rings (SSSR count). The summed E-state index contributed by atoms with van der Waals surface area (Å²) in [4.78, 5) is 25.4. The Kier molecular flexibility index (Phi) is 2.90. The van der Waals surface area contributed by atoms with Crippen LogP contribution in [-0.2, 0) is 9.59 Å². The van der Waals surface area contributed by atoms with Gasteiger partial charge in [0.2, 0.25) is 0 Å². The number of imide groups is 1. The summed E-state index contributed by atoms with van der Waals surface area (Å²) in [6.07, 6.45) is 10.7. The van der Waals surface area contributed by atoms with Gasteiger partial charge < -0.3 is 0 Å². The summed E-state index contributed by atoms with van der Waals surface area (Å²) in [5.41, 5.74) is 1.05. The van der Waals surface area contributed by atoms with Crippen molar-refractivity contribution in [2.45, 2.75) is 6.42 Å². The first-order valence-electron chi connectivity index (χ1n) is 8.57. The van der Waals surface area contributed by atoms with Crippen molar-refractivity contribution in [2.24, 2.45) is 40.6 Å². The number of allylic oxidation sites excluding steroid dienone is 3. The second kappa shape index (κ2) is 5.00. The second-order valence-corrected chi connectivity index (χ2v) is 7.18. The fourth-order valence-corrected chi connectivity index (χ4v) is 4.88. The highest BCUT2D eigenvalue weighted by Crippen LogP contribution is 2.65. The van der Waals surface area contributed by atoms with E-state index in [0.717, 1.165) is 10.6 Å². The van der Waals surface area contributed by atoms with Crippen molar-refractivity contribution < 1.29 is 9.59 Å². The molecule has 120 valence electrons. The zero-order valence-electron chi connectivity index (χ0n) is 13.2. The Hall–Kier alpha value is -2.49. The standard InChI is InChI=1S/C20H18N2O2/c23-19-17-13-8-9-14(16-11-15(13)16)18(17)20(24)22(19)21-10-4-7-12-5-2-1-3-6-12/h1-10,13-18H,11H2/b7-4+,21-10-/t13-,14-,15-,16-,17-,18+/m0/s1. The van der Waals surface area contributed by atoms with Gasteiger partial charge in [0.15, 0.2) is 0 Å². The van der Waals surface area contributed by atoms with Crippen molar-refractivity contribution >= 4 is 24.1 Å². The number of hydrogen-bond donors (Lipinski definition) is 0. The number of hydrazone groups is 1. The van der Waals surface area contributed by atoms with E-state index < -0.39 is 0 Å². The van der Waals surface area contributed by atoms with Crippen LogP contribution in [0, 0.1) is 35.5 Å². The molecule has 0 radical (unpaired) electrons. The van der Waals surface area contributed by atoms with Gasteiger partial charge in [0.05, 0.1) is 11.8 Å². The van der Waals surface area contributed by atoms with Crippen LogP contribution >= 0.6 is 0 Å². The van der Waals surface area contributed by atoms with Gasteiger partial charge in [0.1, 0.15) is 0 Å². The Bertz CT molecular complexity index is 759. The fourth-order valence-electron chi connectivity index (χ4n) is 4.88. The molecular weight excluding hydrogens is 300 g/mol. The maximum Gasteiger partial charge on any atom is 0.254 e. The molecule has 4 nitrogen and oxygen atoms in total. The van der Waals surface area contributed by atoms with E-state index in [0.29, 0.717) is 11.8 Å². The number of amides is 2. The fraction of sp³-hybridized carbons (Fsp3) is 0.350. The molecule has 1 aliphatic heterocycles. The Labute approximate surface area is 140 Å². The van der Waals surface area contributed by atoms with Gasteiger partial charge in [-0.3, -0.25) is 9.59 Å². The zero-order chi connectivity index (χ0) is 16.3. The molecule has 1 aromatic rings. The molecule has 24 heavy (non-hydrogen) atoms. The number of carbonyl (C=O) groups is 2. The lowest BCUT2D eigenvalue weighted by atomic mass is 9.63. The SMILES string of the molecule is O=C1[C@@H]2[C@H]3C=C[C@@H]([C@@H]4C[C@@H]34)[C@@H]2C(=O)N1/N=C\C=C\c1ccccc1. The first kappa shape index (κ1) is 13.9. The summed E-state index contributed by atoms with van der Waals surface area (Å²) >= 11 is 0. The summed E-state index contributed by atoms with van der Waals surface area (Å²) in [7, 11) is 0. The smallest absolute Gasteiger partial charge is 0.254 e. The van der Waals surface area contributed by atoms with Gasteiger partial charge in [-0.1, -0.05) is 48.6 Å². The molecule has 0 N–H and O–H groups in total. The highest BCUT2D eigenvalue weighted by Gasteiger charge is 2.67. The van der Waals surface area contributed by atoms with Gasteiger partial charge in [-0.2, -0.15) is 10.1 Å². The first-order valence-corrected chi connectivity index (χ1v) is 8.57. The zero-order valence-corrected chi connectivity index (χ0v) is 13.2. The molecule has 0 unspecified atom stereocenters. The van der Waals surface area contributed by atoms with Crippen molar-refractivity contribution in [3.63, 3.8) is 0 Å². The number of hydrogen-bond acceptors (Lipinski definition) is 3. The summed E-state index contributed by atoms with van der Waals surface area (Å²) in [6.45, 7) is 0. The normalized spacial score (nSPS) is 39.1. The second-order valence-electron chi connectivity index (χ2n) is 7.18. The van der Waals surface area contributed by atoms with Crippen molar-refractivity contribution in [2.75, 3.05) is 0 Å². The Morgan fingerprint density at radius 2 is 1.58 bits per heavy atom. The lowest BCUT2D eigenvalue weighted by molar-refractivity contribution is -0.140. The molecule has 0 spiro atoms. The van der Waals surface area contributed by atoms with Gasteiger partial charge in [-0.25, -0.2) is 0 Å². The molecule has 4 aliphatic carbocycles. The third-order valence-corrected chi connectivity index (χ3v) is 6.00. The number of carbonyl (C=O) groups excluding carboxylic acids is 2. The monoisotopic (exact) mass is 318 g/mol. The average molecular weight is 318 g/mol. The molecule has 4 heteroatoms. The van der Waals surface area contributed by atoms with Crippen molar-refractivity contribution in [3.8, 4) is 0 Å². The third-order valence-electron chi connectivity index (χ3n) is 6.00. The minimum Gasteiger partial charge on any atom is -0.272 e. The topological polar surface area (TPSA) is 49.7 Å². The Morgan fingerprint density at radius 3 is 2.21 bits per heavy atom. The van der Waals surface area contributed by atoms with E-state index in [2.05, 4.69) is 17.3 Å². The van der Waals surface area contributed by atoms with Crippen molar-refractivity contribution in [1.82, 2.24) is 5.01 Å². The summed E-state index contributed by atoms with van der Waals surface area (Å²) in [5, 5.41) is 5.27. The van der Waals surface area contributed by atoms with Crippen molar-refractivity contribution in [3.05, 3.63) is 54.1 Å². The van der Waals surface area contributed by atoms with Crippen LogP contribution in [0.25, 0.3) is 6.08 Å². The van der Waals surface area contributed by atoms with E-state index in [1.54, 1.807) is 6.08 Å². The molecule has 0 aromatic heterocycles. The van der Waals surface area contributed by atoms with Crippen molar-refractivity contribution in [1.29, 1.82) is 0 Å².